The minimum Gasteiger partial charge on any atom is -0.490 e. The van der Waals surface area contributed by atoms with E-state index in [0.29, 0.717) is 65.2 Å². The molecule has 10 heteroatoms. The molecule has 1 aromatic heterocycles. The number of aromatic nitrogens is 2. The fourth-order valence-corrected chi connectivity index (χ4v) is 3.56. The van der Waals surface area contributed by atoms with Gasteiger partial charge in [0, 0.05) is 26.3 Å². The van der Waals surface area contributed by atoms with Crippen LogP contribution in [0.4, 0.5) is 5.69 Å². The molecule has 0 radical (unpaired) electrons. The molecule has 1 aromatic carbocycles. The third-order valence-electron chi connectivity index (χ3n) is 4.90. The lowest BCUT2D eigenvalue weighted by molar-refractivity contribution is -0.110. The molecule has 3 heterocycles. The summed E-state index contributed by atoms with van der Waals surface area (Å²) in [7, 11) is 3.22. The summed E-state index contributed by atoms with van der Waals surface area (Å²) in [6.07, 6.45) is 3.12. The first-order chi connectivity index (χ1) is 14.5. The van der Waals surface area contributed by atoms with Crippen molar-refractivity contribution in [3.63, 3.8) is 0 Å². The average molecular weight is 433 g/mol. The molecular formula is C20H21ClN4O5. The second-order valence-electron chi connectivity index (χ2n) is 6.89. The van der Waals surface area contributed by atoms with Gasteiger partial charge < -0.3 is 24.4 Å². The van der Waals surface area contributed by atoms with Crippen molar-refractivity contribution in [2.24, 2.45) is 0 Å². The maximum atomic E-state index is 13.0. The van der Waals surface area contributed by atoms with Gasteiger partial charge in [-0.2, -0.15) is 5.10 Å². The third-order valence-corrected chi connectivity index (χ3v) is 5.20. The zero-order valence-electron chi connectivity index (χ0n) is 16.6. The molecule has 9 nitrogen and oxygen atoms in total. The number of carbonyl (C=O) groups is 2. The second-order valence-corrected chi connectivity index (χ2v) is 7.30. The molecule has 0 aliphatic carbocycles. The normalized spacial score (nSPS) is 18.6. The molecule has 0 spiro atoms. The van der Waals surface area contributed by atoms with Crippen molar-refractivity contribution in [3.05, 3.63) is 40.2 Å². The van der Waals surface area contributed by atoms with E-state index in [1.165, 1.54) is 18.0 Å². The Labute approximate surface area is 178 Å². The van der Waals surface area contributed by atoms with Crippen molar-refractivity contribution in [1.29, 1.82) is 0 Å². The summed E-state index contributed by atoms with van der Waals surface area (Å²) in [6, 6.07) is 3.36. The summed E-state index contributed by atoms with van der Waals surface area (Å²) in [4.78, 5) is 27.3. The molecule has 0 saturated carbocycles. The van der Waals surface area contributed by atoms with E-state index in [1.54, 1.807) is 30.2 Å². The van der Waals surface area contributed by atoms with Crippen LogP contribution in [-0.4, -0.2) is 67.0 Å². The van der Waals surface area contributed by atoms with Crippen molar-refractivity contribution in [2.45, 2.75) is 6.73 Å². The van der Waals surface area contributed by atoms with E-state index in [9.17, 15) is 9.59 Å². The SMILES string of the molecule is COCn1ncc2c1/C=C1\C(=O)Nc3cc(Cl)c(cc31)OCCOCCN(C)C2=O. The summed E-state index contributed by atoms with van der Waals surface area (Å²) in [5.41, 5.74) is 2.43. The van der Waals surface area contributed by atoms with Crippen molar-refractivity contribution in [1.82, 2.24) is 14.7 Å². The van der Waals surface area contributed by atoms with Gasteiger partial charge in [-0.15, -0.1) is 0 Å². The second kappa shape index (κ2) is 8.47. The Morgan fingerprint density at radius 3 is 2.87 bits per heavy atom. The molecule has 2 amide bonds. The van der Waals surface area contributed by atoms with Crippen LogP contribution in [0.15, 0.2) is 18.3 Å². The van der Waals surface area contributed by atoms with Crippen LogP contribution >= 0.6 is 11.6 Å². The van der Waals surface area contributed by atoms with Crippen LogP contribution in [0.2, 0.25) is 5.02 Å². The molecular weight excluding hydrogens is 412 g/mol. The maximum absolute atomic E-state index is 13.0. The quantitative estimate of drug-likeness (QED) is 0.781. The van der Waals surface area contributed by atoms with Crippen LogP contribution in [0.1, 0.15) is 21.6 Å². The number of rotatable bonds is 2. The predicted molar refractivity (Wildman–Crippen MR) is 110 cm³/mol. The first kappa shape index (κ1) is 20.4. The van der Waals surface area contributed by atoms with Crippen molar-refractivity contribution in [2.75, 3.05) is 45.8 Å². The minimum atomic E-state index is -0.303. The lowest BCUT2D eigenvalue weighted by atomic mass is 10.0. The first-order valence-electron chi connectivity index (χ1n) is 9.37. The zero-order chi connectivity index (χ0) is 21.3. The molecule has 2 bridgehead atoms. The van der Waals surface area contributed by atoms with E-state index in [1.807, 2.05) is 0 Å². The van der Waals surface area contributed by atoms with Gasteiger partial charge in [-0.25, -0.2) is 4.68 Å². The third kappa shape index (κ3) is 3.79. The molecule has 158 valence electrons. The fraction of sp³-hybridized carbons (Fsp3) is 0.350. The van der Waals surface area contributed by atoms with Gasteiger partial charge in [0.15, 0.2) is 0 Å². The van der Waals surface area contributed by atoms with E-state index in [2.05, 4.69) is 10.4 Å². The standard InChI is InChI=1S/C20H21ClN4O5/c1-24-3-4-29-5-6-30-18-8-12-13(19(26)23-16(12)9-15(18)21)7-17-14(20(24)27)10-22-25(17)11-28-2/h7-10H,3-6,11H2,1-2H3,(H,23,26)/b13-7-. The number of ether oxygens (including phenoxy) is 3. The zero-order valence-corrected chi connectivity index (χ0v) is 17.4. The Balaban J connectivity index is 1.88. The highest BCUT2D eigenvalue weighted by Gasteiger charge is 2.28. The number of amides is 2. The lowest BCUT2D eigenvalue weighted by Gasteiger charge is -2.17. The van der Waals surface area contributed by atoms with Crippen molar-refractivity contribution >= 4 is 40.8 Å². The molecule has 0 saturated heterocycles. The highest BCUT2D eigenvalue weighted by Crippen LogP contribution is 2.40. The maximum Gasteiger partial charge on any atom is 0.257 e. The molecule has 2 aliphatic rings. The molecule has 1 N–H and O–H groups in total. The number of anilines is 1. The monoisotopic (exact) mass is 432 g/mol. The highest BCUT2D eigenvalue weighted by atomic mass is 35.5. The van der Waals surface area contributed by atoms with Gasteiger partial charge in [0.25, 0.3) is 11.8 Å². The summed E-state index contributed by atoms with van der Waals surface area (Å²) >= 11 is 6.31. The Bertz CT molecular complexity index is 1030. The van der Waals surface area contributed by atoms with Gasteiger partial charge in [0.05, 0.1) is 47.0 Å². The van der Waals surface area contributed by atoms with Gasteiger partial charge in [-0.05, 0) is 18.2 Å². The molecule has 4 rings (SSSR count). The summed E-state index contributed by atoms with van der Waals surface area (Å²) in [5.74, 6) is -0.0766. The molecule has 2 aliphatic heterocycles. The van der Waals surface area contributed by atoms with Crippen LogP contribution in [-0.2, 0) is 21.0 Å². The highest BCUT2D eigenvalue weighted by molar-refractivity contribution is 6.37. The smallest absolute Gasteiger partial charge is 0.257 e. The lowest BCUT2D eigenvalue weighted by Crippen LogP contribution is -2.31. The van der Waals surface area contributed by atoms with Gasteiger partial charge in [-0.3, -0.25) is 9.59 Å². The fourth-order valence-electron chi connectivity index (χ4n) is 3.34. The van der Waals surface area contributed by atoms with Gasteiger partial charge in [-0.1, -0.05) is 11.6 Å². The summed E-state index contributed by atoms with van der Waals surface area (Å²) < 4.78 is 18.0. The summed E-state index contributed by atoms with van der Waals surface area (Å²) in [5, 5.41) is 7.45. The van der Waals surface area contributed by atoms with Crippen molar-refractivity contribution in [3.8, 4) is 5.75 Å². The van der Waals surface area contributed by atoms with E-state index < -0.39 is 0 Å². The number of nitrogens with zero attached hydrogens (tertiary/aromatic N) is 3. The number of likely N-dealkylation sites (N-methyl/N-ethyl adjacent to an activating group) is 1. The number of carbonyl (C=O) groups excluding carboxylic acids is 2. The van der Waals surface area contributed by atoms with E-state index >= 15 is 0 Å². The summed E-state index contributed by atoms with van der Waals surface area (Å²) in [6.45, 7) is 1.51. The van der Waals surface area contributed by atoms with Gasteiger partial charge in [0.2, 0.25) is 0 Å². The number of nitrogens with one attached hydrogen (secondary N) is 1. The average Bonchev–Trinajstić information content (AvgIpc) is 3.24. The van der Waals surface area contributed by atoms with Crippen LogP contribution in [0.3, 0.4) is 0 Å². The Kier molecular flexibility index (Phi) is 5.76. The van der Waals surface area contributed by atoms with Crippen LogP contribution in [0.25, 0.3) is 11.6 Å². The Morgan fingerprint density at radius 1 is 1.23 bits per heavy atom. The molecule has 0 atom stereocenters. The Morgan fingerprint density at radius 2 is 2.07 bits per heavy atom. The predicted octanol–water partition coefficient (Wildman–Crippen LogP) is 2.11. The number of methoxy groups -OCH3 is 1. The molecule has 0 unspecified atom stereocenters. The number of fused-ring (bicyclic) bond motifs is 2. The minimum absolute atomic E-state index is 0.128. The van der Waals surface area contributed by atoms with Crippen molar-refractivity contribution < 1.29 is 23.8 Å². The topological polar surface area (TPSA) is 94.9 Å². The van der Waals surface area contributed by atoms with Crippen LogP contribution < -0.4 is 10.1 Å². The Hall–Kier alpha value is -2.88. The number of halogens is 1. The van der Waals surface area contributed by atoms with E-state index in [0.717, 1.165) is 0 Å². The van der Waals surface area contributed by atoms with Crippen LogP contribution in [0.5, 0.6) is 5.75 Å². The molecule has 0 fully saturated rings. The van der Waals surface area contributed by atoms with Gasteiger partial charge in [0.1, 0.15) is 19.1 Å². The largest absolute Gasteiger partial charge is 0.490 e. The molecule has 2 aromatic rings. The van der Waals surface area contributed by atoms with Gasteiger partial charge >= 0.3 is 0 Å². The van der Waals surface area contributed by atoms with Crippen LogP contribution in [0, 0.1) is 0 Å². The number of hydrogen-bond donors (Lipinski definition) is 1. The number of benzene rings is 1. The number of hydrogen-bond acceptors (Lipinski definition) is 6. The molecule has 30 heavy (non-hydrogen) atoms. The van der Waals surface area contributed by atoms with E-state index in [4.69, 9.17) is 25.8 Å². The first-order valence-corrected chi connectivity index (χ1v) is 9.75. The van der Waals surface area contributed by atoms with E-state index in [-0.39, 0.29) is 18.5 Å².